The molecular weight excluding hydrogens is 355 g/mol. The maximum atomic E-state index is 13.8. The van der Waals surface area contributed by atoms with Crippen LogP contribution in [-0.2, 0) is 6.54 Å². The van der Waals surface area contributed by atoms with Crippen LogP contribution in [0.5, 0.6) is 0 Å². The van der Waals surface area contributed by atoms with Gasteiger partial charge in [-0.25, -0.2) is 4.39 Å². The molecule has 1 aliphatic carbocycles. The smallest absolute Gasteiger partial charge is 0.302 e. The summed E-state index contributed by atoms with van der Waals surface area (Å²) in [5, 5.41) is 8.95. The molecule has 1 aromatic carbocycles. The van der Waals surface area contributed by atoms with Gasteiger partial charge in [0.2, 0.25) is 0 Å². The average molecular weight is 368 g/mol. The molecule has 2 heterocycles. The van der Waals surface area contributed by atoms with Crippen LogP contribution < -0.4 is 11.1 Å². The zero-order valence-electron chi connectivity index (χ0n) is 13.5. The fraction of sp³-hybridized carbons (Fsp3) is 0.167. The molecule has 0 saturated carbocycles. The Morgan fingerprint density at radius 1 is 1.19 bits per heavy atom. The molecule has 0 bridgehead atoms. The van der Waals surface area contributed by atoms with Gasteiger partial charge in [-0.15, -0.1) is 15.9 Å². The van der Waals surface area contributed by atoms with Crippen LogP contribution in [0.3, 0.4) is 0 Å². The quantitative estimate of drug-likeness (QED) is 0.524. The van der Waals surface area contributed by atoms with Gasteiger partial charge in [-0.2, -0.15) is 0 Å². The average Bonchev–Trinajstić information content (AvgIpc) is 3.32. The summed E-state index contributed by atoms with van der Waals surface area (Å²) in [6.07, 6.45) is 7.38. The standard InChI is InChI=1S/C18H13FN4O2S/c19-14-8-4-3-7-13(14)16-21-20-15(26-16)11-22-9-10-23(18(25)17(22)24)12-5-1-2-6-12/h1,3-4,6-10,12H,5,11H2. The molecule has 0 N–H and O–H groups in total. The Balaban J connectivity index is 1.62. The Labute approximate surface area is 151 Å². The number of rotatable bonds is 4. The van der Waals surface area contributed by atoms with Gasteiger partial charge >= 0.3 is 11.1 Å². The number of aromatic nitrogens is 4. The zero-order valence-corrected chi connectivity index (χ0v) is 14.3. The molecule has 0 radical (unpaired) electrons. The first-order valence-corrected chi connectivity index (χ1v) is 8.75. The van der Waals surface area contributed by atoms with Crippen molar-refractivity contribution in [2.75, 3.05) is 0 Å². The second kappa shape index (κ2) is 6.67. The lowest BCUT2D eigenvalue weighted by molar-refractivity contribution is 0.570. The van der Waals surface area contributed by atoms with Crippen molar-refractivity contribution < 1.29 is 4.39 Å². The number of nitrogens with zero attached hydrogens (tertiary/aromatic N) is 4. The molecule has 130 valence electrons. The molecule has 0 aliphatic heterocycles. The summed E-state index contributed by atoms with van der Waals surface area (Å²) >= 11 is 1.19. The minimum absolute atomic E-state index is 0.111. The van der Waals surface area contributed by atoms with Crippen molar-refractivity contribution in [1.82, 2.24) is 19.3 Å². The van der Waals surface area contributed by atoms with E-state index in [1.54, 1.807) is 36.7 Å². The maximum Gasteiger partial charge on any atom is 0.317 e. The Morgan fingerprint density at radius 2 is 2.04 bits per heavy atom. The first-order chi connectivity index (χ1) is 12.6. The highest BCUT2D eigenvalue weighted by Crippen LogP contribution is 2.26. The second-order valence-electron chi connectivity index (χ2n) is 5.76. The third kappa shape index (κ3) is 2.96. The zero-order chi connectivity index (χ0) is 18.1. The van der Waals surface area contributed by atoms with Crippen LogP contribution in [-0.4, -0.2) is 19.3 Å². The monoisotopic (exact) mass is 368 g/mol. The lowest BCUT2D eigenvalue weighted by atomic mass is 10.2. The normalized spacial score (nSPS) is 15.7. The predicted octanol–water partition coefficient (Wildman–Crippen LogP) is 2.37. The van der Waals surface area contributed by atoms with E-state index < -0.39 is 11.1 Å². The van der Waals surface area contributed by atoms with Gasteiger partial charge in [-0.1, -0.05) is 23.5 Å². The molecule has 0 amide bonds. The molecular formula is C18H13FN4O2S. The van der Waals surface area contributed by atoms with Gasteiger partial charge in [0.15, 0.2) is 5.01 Å². The van der Waals surface area contributed by atoms with E-state index in [1.807, 2.05) is 6.08 Å². The van der Waals surface area contributed by atoms with E-state index in [9.17, 15) is 14.0 Å². The number of hydrogen-bond acceptors (Lipinski definition) is 5. The summed E-state index contributed by atoms with van der Waals surface area (Å²) in [4.78, 5) is 24.7. The molecule has 8 heteroatoms. The summed E-state index contributed by atoms with van der Waals surface area (Å²) in [7, 11) is 0. The van der Waals surface area contributed by atoms with E-state index in [2.05, 4.69) is 15.9 Å². The van der Waals surface area contributed by atoms with Crippen LogP contribution in [0, 0.1) is 5.82 Å². The molecule has 1 atom stereocenters. The van der Waals surface area contributed by atoms with Crippen molar-refractivity contribution >= 4 is 11.3 Å². The Bertz CT molecular complexity index is 1150. The minimum atomic E-state index is -0.629. The van der Waals surface area contributed by atoms with Gasteiger partial charge in [0.1, 0.15) is 10.8 Å². The summed E-state index contributed by atoms with van der Waals surface area (Å²) in [5.41, 5.74) is 2.07. The SMILES string of the molecule is O=c1c(=O)n(C2C=C=CC2)ccn1Cc1nnc(-c2ccccc2F)s1. The second-order valence-corrected chi connectivity index (χ2v) is 6.83. The van der Waals surface area contributed by atoms with Crippen LogP contribution in [0.1, 0.15) is 17.5 Å². The van der Waals surface area contributed by atoms with E-state index in [0.29, 0.717) is 22.0 Å². The number of hydrogen-bond donors (Lipinski definition) is 0. The largest absolute Gasteiger partial charge is 0.317 e. The van der Waals surface area contributed by atoms with Crippen LogP contribution in [0.4, 0.5) is 4.39 Å². The van der Waals surface area contributed by atoms with Crippen LogP contribution in [0.15, 0.2) is 64.1 Å². The lowest BCUT2D eigenvalue weighted by Crippen LogP contribution is -2.41. The number of benzene rings is 1. The highest BCUT2D eigenvalue weighted by Gasteiger charge is 2.15. The molecule has 2 aromatic heterocycles. The molecule has 6 nitrogen and oxygen atoms in total. The minimum Gasteiger partial charge on any atom is -0.302 e. The van der Waals surface area contributed by atoms with Crippen LogP contribution in [0.2, 0.25) is 0 Å². The van der Waals surface area contributed by atoms with Crippen molar-refractivity contribution in [1.29, 1.82) is 0 Å². The number of allylic oxidation sites excluding steroid dienone is 1. The van der Waals surface area contributed by atoms with Gasteiger partial charge in [0, 0.05) is 18.0 Å². The summed E-state index contributed by atoms with van der Waals surface area (Å²) in [6.45, 7) is 0.111. The summed E-state index contributed by atoms with van der Waals surface area (Å²) < 4.78 is 16.5. The van der Waals surface area contributed by atoms with Gasteiger partial charge in [-0.3, -0.25) is 9.59 Å². The topological polar surface area (TPSA) is 69.8 Å². The molecule has 26 heavy (non-hydrogen) atoms. The van der Waals surface area contributed by atoms with E-state index in [-0.39, 0.29) is 18.4 Å². The van der Waals surface area contributed by atoms with Crippen LogP contribution >= 0.6 is 11.3 Å². The maximum absolute atomic E-state index is 13.8. The highest BCUT2D eigenvalue weighted by atomic mass is 32.1. The summed E-state index contributed by atoms with van der Waals surface area (Å²) in [6, 6.07) is 6.13. The van der Waals surface area contributed by atoms with E-state index >= 15 is 0 Å². The van der Waals surface area contributed by atoms with Gasteiger partial charge in [0.25, 0.3) is 0 Å². The molecule has 1 unspecified atom stereocenters. The van der Waals surface area contributed by atoms with Crippen molar-refractivity contribution in [2.24, 2.45) is 0 Å². The Morgan fingerprint density at radius 3 is 2.81 bits per heavy atom. The van der Waals surface area contributed by atoms with E-state index in [1.165, 1.54) is 26.5 Å². The summed E-state index contributed by atoms with van der Waals surface area (Å²) in [5.74, 6) is -0.381. The fourth-order valence-electron chi connectivity index (χ4n) is 2.74. The first-order valence-electron chi connectivity index (χ1n) is 7.93. The highest BCUT2D eigenvalue weighted by molar-refractivity contribution is 7.14. The number of halogens is 1. The van der Waals surface area contributed by atoms with Crippen molar-refractivity contribution in [3.63, 3.8) is 0 Å². The van der Waals surface area contributed by atoms with Gasteiger partial charge < -0.3 is 9.13 Å². The molecule has 0 spiro atoms. The molecule has 1 aliphatic rings. The first kappa shape index (κ1) is 16.4. The third-order valence-electron chi connectivity index (χ3n) is 4.09. The Kier molecular flexibility index (Phi) is 4.20. The fourth-order valence-corrected chi connectivity index (χ4v) is 3.61. The van der Waals surface area contributed by atoms with Crippen molar-refractivity contribution in [3.05, 3.63) is 86.1 Å². The lowest BCUT2D eigenvalue weighted by Gasteiger charge is -2.12. The third-order valence-corrected chi connectivity index (χ3v) is 5.03. The van der Waals surface area contributed by atoms with E-state index in [0.717, 1.165) is 0 Å². The molecule has 0 saturated heterocycles. The van der Waals surface area contributed by atoms with Crippen molar-refractivity contribution in [3.8, 4) is 10.6 Å². The molecule has 4 rings (SSSR count). The van der Waals surface area contributed by atoms with Gasteiger partial charge in [0.05, 0.1) is 12.6 Å². The Hall–Kier alpha value is -3.09. The molecule has 3 aromatic rings. The molecule has 0 fully saturated rings. The van der Waals surface area contributed by atoms with E-state index in [4.69, 9.17) is 0 Å². The van der Waals surface area contributed by atoms with Crippen molar-refractivity contribution in [2.45, 2.75) is 19.0 Å². The van der Waals surface area contributed by atoms with Gasteiger partial charge in [-0.05, 0) is 30.7 Å². The van der Waals surface area contributed by atoms with Crippen LogP contribution in [0.25, 0.3) is 10.6 Å². The predicted molar refractivity (Wildman–Crippen MR) is 95.7 cm³/mol.